The smallest absolute Gasteiger partial charge is 0.272 e. The molecule has 2 aromatic rings. The molecule has 1 heterocycles. The lowest BCUT2D eigenvalue weighted by Crippen LogP contribution is -2.14. The first-order chi connectivity index (χ1) is 8.50. The van der Waals surface area contributed by atoms with Crippen molar-refractivity contribution in [2.75, 3.05) is 4.72 Å². The van der Waals surface area contributed by atoms with Gasteiger partial charge in [0, 0.05) is 6.07 Å². The maximum atomic E-state index is 11.8. The lowest BCUT2D eigenvalue weighted by Gasteiger charge is -2.06. The Hall–Kier alpha value is -2.42. The lowest BCUT2D eigenvalue weighted by molar-refractivity contribution is -0.383. The molecule has 0 bridgehead atoms. The van der Waals surface area contributed by atoms with E-state index in [9.17, 15) is 18.5 Å². The van der Waals surface area contributed by atoms with E-state index in [1.165, 1.54) is 36.5 Å². The zero-order chi connectivity index (χ0) is 13.2. The van der Waals surface area contributed by atoms with Crippen molar-refractivity contribution in [2.24, 2.45) is 0 Å². The van der Waals surface area contributed by atoms with Crippen molar-refractivity contribution in [1.29, 1.82) is 0 Å². The molecule has 2 rings (SSSR count). The van der Waals surface area contributed by atoms with Crippen LogP contribution in [0.25, 0.3) is 0 Å². The summed E-state index contributed by atoms with van der Waals surface area (Å²) in [6.45, 7) is 0. The Morgan fingerprint density at radius 3 is 2.61 bits per heavy atom. The molecular weight excluding hydrogens is 260 g/mol. The summed E-state index contributed by atoms with van der Waals surface area (Å²) in [6, 6.07) is 6.72. The fourth-order valence-corrected chi connectivity index (χ4v) is 2.30. The Morgan fingerprint density at radius 1 is 1.28 bits per heavy atom. The van der Waals surface area contributed by atoms with Gasteiger partial charge in [-0.05, 0) is 12.1 Å². The fourth-order valence-electron chi connectivity index (χ4n) is 1.31. The first kappa shape index (κ1) is 12.0. The van der Waals surface area contributed by atoms with Gasteiger partial charge in [-0.25, -0.2) is 0 Å². The van der Waals surface area contributed by atoms with Crippen molar-refractivity contribution in [2.45, 2.75) is 5.03 Å². The number of hydrogen-bond acceptors (Lipinski definition) is 5. The molecule has 0 radical (unpaired) electrons. The van der Waals surface area contributed by atoms with Crippen molar-refractivity contribution in [1.82, 2.24) is 10.2 Å². The van der Waals surface area contributed by atoms with Crippen LogP contribution >= 0.6 is 0 Å². The number of anilines is 1. The van der Waals surface area contributed by atoms with E-state index >= 15 is 0 Å². The molecule has 0 fully saturated rings. The number of nitro benzene ring substituents is 1. The third kappa shape index (κ3) is 2.30. The molecule has 0 aliphatic heterocycles. The Kier molecular flexibility index (Phi) is 2.98. The number of rotatable bonds is 4. The fraction of sp³-hybridized carbons (Fsp3) is 0. The number of aromatic amines is 1. The van der Waals surface area contributed by atoms with Gasteiger partial charge in [0.2, 0.25) is 0 Å². The molecule has 0 aliphatic carbocycles. The Balaban J connectivity index is 2.39. The number of H-pyrrole nitrogens is 1. The minimum absolute atomic E-state index is 0.0999. The van der Waals surface area contributed by atoms with Crippen molar-refractivity contribution in [3.05, 3.63) is 46.6 Å². The van der Waals surface area contributed by atoms with Gasteiger partial charge in [-0.1, -0.05) is 12.1 Å². The third-order valence-electron chi connectivity index (χ3n) is 2.11. The molecule has 2 N–H and O–H groups in total. The molecule has 0 saturated heterocycles. The van der Waals surface area contributed by atoms with Gasteiger partial charge in [0.25, 0.3) is 15.7 Å². The molecule has 0 atom stereocenters. The van der Waals surface area contributed by atoms with E-state index in [1.54, 1.807) is 0 Å². The van der Waals surface area contributed by atoms with Gasteiger partial charge in [0.1, 0.15) is 5.69 Å². The summed E-state index contributed by atoms with van der Waals surface area (Å²) >= 11 is 0. The zero-order valence-corrected chi connectivity index (χ0v) is 9.72. The van der Waals surface area contributed by atoms with Crippen LogP contribution in [0.4, 0.5) is 11.4 Å². The summed E-state index contributed by atoms with van der Waals surface area (Å²) in [5.74, 6) is 0. The average molecular weight is 268 g/mol. The van der Waals surface area contributed by atoms with Crippen LogP contribution in [0.2, 0.25) is 0 Å². The van der Waals surface area contributed by atoms with Crippen LogP contribution in [0, 0.1) is 10.1 Å². The van der Waals surface area contributed by atoms with Crippen molar-refractivity contribution >= 4 is 21.4 Å². The Labute approximate surface area is 102 Å². The van der Waals surface area contributed by atoms with Crippen LogP contribution in [-0.2, 0) is 10.0 Å². The molecule has 1 aromatic heterocycles. The number of nitrogens with zero attached hydrogens (tertiary/aromatic N) is 2. The molecule has 0 unspecified atom stereocenters. The second-order valence-corrected chi connectivity index (χ2v) is 4.95. The first-order valence-electron chi connectivity index (χ1n) is 4.76. The van der Waals surface area contributed by atoms with Crippen molar-refractivity contribution in [3.63, 3.8) is 0 Å². The predicted octanol–water partition coefficient (Wildman–Crippen LogP) is 1.12. The Morgan fingerprint density at radius 2 is 2.00 bits per heavy atom. The summed E-state index contributed by atoms with van der Waals surface area (Å²) in [5.41, 5.74) is -0.419. The number of aromatic nitrogens is 2. The molecule has 94 valence electrons. The average Bonchev–Trinajstić information content (AvgIpc) is 2.83. The van der Waals surface area contributed by atoms with E-state index in [0.717, 1.165) is 0 Å². The van der Waals surface area contributed by atoms with Gasteiger partial charge in [0.15, 0.2) is 5.03 Å². The maximum Gasteiger partial charge on any atom is 0.293 e. The summed E-state index contributed by atoms with van der Waals surface area (Å²) in [6.07, 6.45) is 1.27. The van der Waals surface area contributed by atoms with Crippen molar-refractivity contribution in [3.8, 4) is 0 Å². The van der Waals surface area contributed by atoms with Crippen LogP contribution in [0.3, 0.4) is 0 Å². The number of sulfonamides is 1. The second-order valence-electron chi connectivity index (χ2n) is 3.30. The highest BCUT2D eigenvalue weighted by Crippen LogP contribution is 2.25. The minimum atomic E-state index is -3.90. The van der Waals surface area contributed by atoms with Crippen LogP contribution in [0.5, 0.6) is 0 Å². The molecule has 0 spiro atoms. The highest BCUT2D eigenvalue weighted by atomic mass is 32.2. The van der Waals surface area contributed by atoms with E-state index in [4.69, 9.17) is 0 Å². The summed E-state index contributed by atoms with van der Waals surface area (Å²) in [7, 11) is -3.90. The molecule has 9 heteroatoms. The second kappa shape index (κ2) is 4.45. The third-order valence-corrected chi connectivity index (χ3v) is 3.40. The van der Waals surface area contributed by atoms with Gasteiger partial charge in [-0.3, -0.25) is 19.9 Å². The van der Waals surface area contributed by atoms with Crippen LogP contribution in [-0.4, -0.2) is 23.5 Å². The van der Waals surface area contributed by atoms with Crippen LogP contribution < -0.4 is 4.72 Å². The molecule has 0 saturated carbocycles. The standard InChI is InChI=1S/C9H8N4O4S/c14-13(15)8-4-2-1-3-7(8)12-18(16,17)9-5-6-10-11-9/h1-6,12H,(H,10,11). The van der Waals surface area contributed by atoms with Crippen molar-refractivity contribution < 1.29 is 13.3 Å². The van der Waals surface area contributed by atoms with Crippen LogP contribution in [0.1, 0.15) is 0 Å². The van der Waals surface area contributed by atoms with E-state index < -0.39 is 14.9 Å². The van der Waals surface area contributed by atoms with Crippen LogP contribution in [0.15, 0.2) is 41.6 Å². The summed E-state index contributed by atoms with van der Waals surface area (Å²) in [4.78, 5) is 10.1. The molecule has 8 nitrogen and oxygen atoms in total. The molecule has 1 aromatic carbocycles. The number of para-hydroxylation sites is 2. The SMILES string of the molecule is O=[N+]([O-])c1ccccc1NS(=O)(=O)c1ccn[nH]1. The van der Waals surface area contributed by atoms with Gasteiger partial charge in [-0.2, -0.15) is 13.5 Å². The van der Waals surface area contributed by atoms with E-state index in [1.807, 2.05) is 0 Å². The molecular formula is C9H8N4O4S. The number of nitro groups is 1. The van der Waals surface area contributed by atoms with Gasteiger partial charge in [-0.15, -0.1) is 0 Å². The topological polar surface area (TPSA) is 118 Å². The predicted molar refractivity (Wildman–Crippen MR) is 62.5 cm³/mol. The summed E-state index contributed by atoms with van der Waals surface area (Å²) < 4.78 is 25.8. The normalized spacial score (nSPS) is 11.1. The Bertz CT molecular complexity index is 666. The van der Waals surface area contributed by atoms with Gasteiger partial charge >= 0.3 is 0 Å². The maximum absolute atomic E-state index is 11.8. The number of hydrogen-bond donors (Lipinski definition) is 2. The number of nitrogens with one attached hydrogen (secondary N) is 2. The van der Waals surface area contributed by atoms with E-state index in [2.05, 4.69) is 14.9 Å². The van der Waals surface area contributed by atoms with Gasteiger partial charge in [0.05, 0.1) is 11.1 Å². The highest BCUT2D eigenvalue weighted by Gasteiger charge is 2.20. The van der Waals surface area contributed by atoms with E-state index in [0.29, 0.717) is 0 Å². The minimum Gasteiger partial charge on any atom is -0.272 e. The molecule has 0 aliphatic rings. The largest absolute Gasteiger partial charge is 0.293 e. The first-order valence-corrected chi connectivity index (χ1v) is 6.24. The number of benzene rings is 1. The quantitative estimate of drug-likeness (QED) is 0.636. The van der Waals surface area contributed by atoms with Gasteiger partial charge < -0.3 is 0 Å². The molecule has 18 heavy (non-hydrogen) atoms. The monoisotopic (exact) mass is 268 g/mol. The highest BCUT2D eigenvalue weighted by molar-refractivity contribution is 7.92. The molecule has 0 amide bonds. The summed E-state index contributed by atoms with van der Waals surface area (Å²) in [5, 5.41) is 16.4. The zero-order valence-electron chi connectivity index (χ0n) is 8.90. The van der Waals surface area contributed by atoms with E-state index in [-0.39, 0.29) is 16.4 Å². The lowest BCUT2D eigenvalue weighted by atomic mass is 10.3.